The number of carbonyl (C=O) groups excluding carboxylic acids is 1. The van der Waals surface area contributed by atoms with Gasteiger partial charge in [-0.1, -0.05) is 5.92 Å². The Labute approximate surface area is 114 Å². The van der Waals surface area contributed by atoms with Gasteiger partial charge in [0.1, 0.15) is 11.7 Å². The van der Waals surface area contributed by atoms with Gasteiger partial charge < -0.3 is 15.5 Å². The molecular weight excluding hydrogens is 264 g/mol. The summed E-state index contributed by atoms with van der Waals surface area (Å²) in [5.41, 5.74) is 0.493. The van der Waals surface area contributed by atoms with Gasteiger partial charge in [0.15, 0.2) is 0 Å². The molecule has 1 atom stereocenters. The van der Waals surface area contributed by atoms with Crippen molar-refractivity contribution in [3.05, 3.63) is 29.6 Å². The van der Waals surface area contributed by atoms with Gasteiger partial charge in [-0.25, -0.2) is 9.78 Å². The lowest BCUT2D eigenvalue weighted by atomic mass is 10.1. The average molecular weight is 276 g/mol. The Balaban J connectivity index is 2.72. The average Bonchev–Trinajstić information content (AvgIpc) is 2.42. The van der Waals surface area contributed by atoms with Crippen LogP contribution in [-0.4, -0.2) is 39.1 Å². The maximum atomic E-state index is 11.8. The van der Waals surface area contributed by atoms with Gasteiger partial charge in [-0.15, -0.1) is 6.42 Å². The van der Waals surface area contributed by atoms with Gasteiger partial charge in [0, 0.05) is 12.6 Å². The monoisotopic (exact) mass is 276 g/mol. The number of pyridine rings is 1. The summed E-state index contributed by atoms with van der Waals surface area (Å²) in [5, 5.41) is 19.7. The molecule has 7 heteroatoms. The van der Waals surface area contributed by atoms with E-state index in [1.807, 2.05) is 0 Å². The first-order chi connectivity index (χ1) is 9.43. The molecule has 1 amide bonds. The molecule has 0 bridgehead atoms. The first-order valence-electron chi connectivity index (χ1n) is 5.62. The van der Waals surface area contributed by atoms with E-state index in [1.54, 1.807) is 0 Å². The van der Waals surface area contributed by atoms with Gasteiger partial charge >= 0.3 is 11.9 Å². The predicted octanol–water partition coefficient (Wildman–Crippen LogP) is 0.111. The van der Waals surface area contributed by atoms with E-state index in [2.05, 4.69) is 16.2 Å². The highest BCUT2D eigenvalue weighted by Gasteiger charge is 2.21. The van der Waals surface area contributed by atoms with Crippen molar-refractivity contribution in [3.8, 4) is 12.3 Å². The Morgan fingerprint density at radius 2 is 2.05 bits per heavy atom. The zero-order valence-electron chi connectivity index (χ0n) is 10.4. The summed E-state index contributed by atoms with van der Waals surface area (Å²) in [4.78, 5) is 36.9. The zero-order valence-corrected chi connectivity index (χ0v) is 10.4. The molecule has 0 aliphatic carbocycles. The van der Waals surface area contributed by atoms with Crippen molar-refractivity contribution in [2.45, 2.75) is 18.9 Å². The normalized spacial score (nSPS) is 11.2. The second-order valence-corrected chi connectivity index (χ2v) is 3.87. The van der Waals surface area contributed by atoms with Crippen molar-refractivity contribution in [3.63, 3.8) is 0 Å². The lowest BCUT2D eigenvalue weighted by Crippen LogP contribution is -2.41. The summed E-state index contributed by atoms with van der Waals surface area (Å²) in [6.45, 7) is 0. The molecular formula is C13H12N2O5. The van der Waals surface area contributed by atoms with Gasteiger partial charge in [0.2, 0.25) is 0 Å². The maximum absolute atomic E-state index is 11.8. The lowest BCUT2D eigenvalue weighted by molar-refractivity contribution is -0.140. The second kappa shape index (κ2) is 6.89. The van der Waals surface area contributed by atoms with E-state index in [0.717, 1.165) is 0 Å². The van der Waals surface area contributed by atoms with Crippen LogP contribution in [0.15, 0.2) is 18.3 Å². The number of carbonyl (C=O) groups is 3. The summed E-state index contributed by atoms with van der Waals surface area (Å²) in [6.07, 6.45) is 5.78. The Morgan fingerprint density at radius 1 is 1.35 bits per heavy atom. The number of hydrogen-bond acceptors (Lipinski definition) is 4. The maximum Gasteiger partial charge on any atom is 0.326 e. The second-order valence-electron chi connectivity index (χ2n) is 3.87. The van der Waals surface area contributed by atoms with E-state index >= 15 is 0 Å². The molecule has 7 nitrogen and oxygen atoms in total. The van der Waals surface area contributed by atoms with Gasteiger partial charge in [-0.3, -0.25) is 9.59 Å². The van der Waals surface area contributed by atoms with E-state index in [-0.39, 0.29) is 18.4 Å². The van der Waals surface area contributed by atoms with Crippen LogP contribution in [-0.2, 0) is 9.59 Å². The van der Waals surface area contributed by atoms with E-state index in [4.69, 9.17) is 16.6 Å². The minimum atomic E-state index is -1.30. The number of rotatable bonds is 6. The van der Waals surface area contributed by atoms with Crippen LogP contribution < -0.4 is 5.32 Å². The Hall–Kier alpha value is -2.88. The number of carboxylic acids is 2. The highest BCUT2D eigenvalue weighted by molar-refractivity contribution is 5.96. The highest BCUT2D eigenvalue weighted by Crippen LogP contribution is 2.03. The molecule has 0 aliphatic rings. The Kier molecular flexibility index (Phi) is 5.23. The smallest absolute Gasteiger partial charge is 0.326 e. The minimum Gasteiger partial charge on any atom is -0.481 e. The third-order valence-electron chi connectivity index (χ3n) is 2.42. The van der Waals surface area contributed by atoms with Crippen molar-refractivity contribution in [2.24, 2.45) is 0 Å². The van der Waals surface area contributed by atoms with Crippen LogP contribution in [0, 0.1) is 12.3 Å². The summed E-state index contributed by atoms with van der Waals surface area (Å²) in [7, 11) is 0. The Bertz CT molecular complexity index is 559. The zero-order chi connectivity index (χ0) is 15.1. The molecule has 0 aromatic carbocycles. The van der Waals surface area contributed by atoms with E-state index in [0.29, 0.717) is 5.69 Å². The molecule has 3 N–H and O–H groups in total. The van der Waals surface area contributed by atoms with Crippen molar-refractivity contribution in [1.29, 1.82) is 0 Å². The fourth-order valence-corrected chi connectivity index (χ4v) is 1.38. The molecule has 0 fully saturated rings. The molecule has 1 heterocycles. The van der Waals surface area contributed by atoms with E-state index in [9.17, 15) is 14.4 Å². The molecule has 0 unspecified atom stereocenters. The summed E-state index contributed by atoms with van der Waals surface area (Å²) < 4.78 is 0. The van der Waals surface area contributed by atoms with E-state index < -0.39 is 23.9 Å². The fraction of sp³-hybridized carbons (Fsp3) is 0.231. The van der Waals surface area contributed by atoms with Crippen LogP contribution in [0.2, 0.25) is 0 Å². The first kappa shape index (κ1) is 15.2. The molecule has 0 saturated heterocycles. The third-order valence-corrected chi connectivity index (χ3v) is 2.42. The van der Waals surface area contributed by atoms with Gasteiger partial charge in [0.25, 0.3) is 5.91 Å². The quantitative estimate of drug-likeness (QED) is 0.635. The van der Waals surface area contributed by atoms with Gasteiger partial charge in [0.05, 0.1) is 5.56 Å². The number of carboxylic acid groups (broad SMARTS) is 2. The van der Waals surface area contributed by atoms with Gasteiger partial charge in [-0.05, 0) is 18.6 Å². The summed E-state index contributed by atoms with van der Waals surface area (Å²) in [5.74, 6) is -0.803. The van der Waals surface area contributed by atoms with Crippen LogP contribution in [0.3, 0.4) is 0 Å². The molecule has 1 rings (SSSR count). The SMILES string of the molecule is C#Cc1ccc(C(=O)N[C@H](CCC(=O)O)C(=O)O)cn1. The van der Waals surface area contributed by atoms with Crippen LogP contribution in [0.1, 0.15) is 28.9 Å². The topological polar surface area (TPSA) is 117 Å². The predicted molar refractivity (Wildman–Crippen MR) is 67.9 cm³/mol. The molecule has 0 saturated carbocycles. The highest BCUT2D eigenvalue weighted by atomic mass is 16.4. The van der Waals surface area contributed by atoms with Crippen LogP contribution in [0.4, 0.5) is 0 Å². The van der Waals surface area contributed by atoms with Crippen molar-refractivity contribution in [1.82, 2.24) is 10.3 Å². The molecule has 0 spiro atoms. The molecule has 1 aromatic rings. The minimum absolute atomic E-state index is 0.144. The number of hydrogen-bond donors (Lipinski definition) is 3. The standard InChI is InChI=1S/C13H12N2O5/c1-2-9-4-3-8(7-14-9)12(18)15-10(13(19)20)5-6-11(16)17/h1,3-4,7,10H,5-6H2,(H,15,18)(H,16,17)(H,19,20)/t10-/m1/s1. The van der Waals surface area contributed by atoms with Crippen molar-refractivity contribution in [2.75, 3.05) is 0 Å². The Morgan fingerprint density at radius 3 is 2.50 bits per heavy atom. The first-order valence-corrected chi connectivity index (χ1v) is 5.62. The molecule has 104 valence electrons. The van der Waals surface area contributed by atoms with E-state index in [1.165, 1.54) is 18.3 Å². The number of aromatic nitrogens is 1. The number of nitrogens with one attached hydrogen (secondary N) is 1. The lowest BCUT2D eigenvalue weighted by Gasteiger charge is -2.13. The largest absolute Gasteiger partial charge is 0.481 e. The molecule has 1 aromatic heterocycles. The molecule has 20 heavy (non-hydrogen) atoms. The third kappa shape index (κ3) is 4.42. The van der Waals surface area contributed by atoms with Crippen LogP contribution in [0.25, 0.3) is 0 Å². The number of aliphatic carboxylic acids is 2. The summed E-state index contributed by atoms with van der Waals surface area (Å²) >= 11 is 0. The summed E-state index contributed by atoms with van der Waals surface area (Å²) in [6, 6.07) is 1.58. The number of amides is 1. The van der Waals surface area contributed by atoms with Crippen molar-refractivity contribution < 1.29 is 24.6 Å². The molecule has 0 radical (unpaired) electrons. The van der Waals surface area contributed by atoms with Gasteiger partial charge in [-0.2, -0.15) is 0 Å². The number of nitrogens with zero attached hydrogens (tertiary/aromatic N) is 1. The van der Waals surface area contributed by atoms with Crippen LogP contribution >= 0.6 is 0 Å². The van der Waals surface area contributed by atoms with Crippen LogP contribution in [0.5, 0.6) is 0 Å². The van der Waals surface area contributed by atoms with Crippen molar-refractivity contribution >= 4 is 17.8 Å². The number of terminal acetylenes is 1. The fourth-order valence-electron chi connectivity index (χ4n) is 1.38. The molecule has 0 aliphatic heterocycles.